The number of carbonyl (C=O) groups is 1. The van der Waals surface area contributed by atoms with Crippen LogP contribution in [0.2, 0.25) is 0 Å². The number of nitrogens with zero attached hydrogens (tertiary/aromatic N) is 2. The number of nitrogens with two attached hydrogens (primary N) is 1. The van der Waals surface area contributed by atoms with Gasteiger partial charge in [-0.15, -0.1) is 0 Å². The minimum Gasteiger partial charge on any atom is -0.497 e. The monoisotopic (exact) mass is 597 g/mol. The van der Waals surface area contributed by atoms with Gasteiger partial charge in [0, 0.05) is 43.1 Å². The summed E-state index contributed by atoms with van der Waals surface area (Å²) in [5.41, 5.74) is 8.08. The van der Waals surface area contributed by atoms with Gasteiger partial charge in [-0.25, -0.2) is 12.7 Å². The van der Waals surface area contributed by atoms with Crippen molar-refractivity contribution >= 4 is 31.9 Å². The molecule has 0 aromatic heterocycles. The molecule has 2 aromatic carbocycles. The lowest BCUT2D eigenvalue weighted by atomic mass is 10.0. The maximum Gasteiger partial charge on any atom is 0.224 e. The molecule has 10 heteroatoms. The lowest BCUT2D eigenvalue weighted by molar-refractivity contribution is -0.133. The predicted octanol–water partition coefficient (Wildman–Crippen LogP) is 3.56. The number of hydrogen-bond donors (Lipinski definition) is 2. The smallest absolute Gasteiger partial charge is 0.224 e. The molecule has 0 spiro atoms. The number of ether oxygens (including phenoxy) is 1. The number of rotatable bonds is 16. The first-order valence-electron chi connectivity index (χ1n) is 12.7. The molecule has 0 aliphatic heterocycles. The Labute approximate surface area is 230 Å². The molecule has 8 nitrogen and oxygen atoms in total. The molecule has 3 N–H and O–H groups in total. The number of methoxy groups -OCH3 is 1. The molecule has 0 aliphatic carbocycles. The van der Waals surface area contributed by atoms with Crippen LogP contribution in [0, 0.1) is 0 Å². The SMILES string of the molecule is CCCN(CCC)S(=O)(=O)CCC(=O)N(Cc1cccc(OC)c1)C[C@@H](O)[C@@H](N)Cc1cccc(Br)c1. The fraction of sp³-hybridized carbons (Fsp3) is 0.519. The summed E-state index contributed by atoms with van der Waals surface area (Å²) in [4.78, 5) is 14.8. The second kappa shape index (κ2) is 15.4. The summed E-state index contributed by atoms with van der Waals surface area (Å²) in [7, 11) is -2.01. The highest BCUT2D eigenvalue weighted by atomic mass is 79.9. The molecule has 0 aliphatic rings. The summed E-state index contributed by atoms with van der Waals surface area (Å²) in [6.45, 7) is 4.90. The highest BCUT2D eigenvalue weighted by Crippen LogP contribution is 2.18. The van der Waals surface area contributed by atoms with Crippen LogP contribution in [0.4, 0.5) is 0 Å². The summed E-state index contributed by atoms with van der Waals surface area (Å²) in [5.74, 6) is 0.0166. The van der Waals surface area contributed by atoms with E-state index in [0.717, 1.165) is 15.6 Å². The van der Waals surface area contributed by atoms with Gasteiger partial charge in [-0.2, -0.15) is 0 Å². The second-order valence-electron chi connectivity index (χ2n) is 9.16. The quantitative estimate of drug-likeness (QED) is 0.306. The van der Waals surface area contributed by atoms with E-state index in [-0.39, 0.29) is 31.2 Å². The molecular formula is C27H40BrN3O5S. The molecule has 0 bridgehead atoms. The van der Waals surface area contributed by atoms with Crippen LogP contribution in [0.5, 0.6) is 5.75 Å². The molecular weight excluding hydrogens is 558 g/mol. The van der Waals surface area contributed by atoms with E-state index in [1.165, 1.54) is 9.21 Å². The Balaban J connectivity index is 2.16. The van der Waals surface area contributed by atoms with E-state index in [0.29, 0.717) is 38.1 Å². The van der Waals surface area contributed by atoms with Gasteiger partial charge in [-0.05, 0) is 54.7 Å². The van der Waals surface area contributed by atoms with Crippen molar-refractivity contribution in [3.8, 4) is 5.75 Å². The van der Waals surface area contributed by atoms with Crippen LogP contribution in [0.1, 0.15) is 44.2 Å². The highest BCUT2D eigenvalue weighted by Gasteiger charge is 2.26. The maximum absolute atomic E-state index is 13.3. The van der Waals surface area contributed by atoms with Gasteiger partial charge in [0.25, 0.3) is 0 Å². The Bertz CT molecular complexity index is 1090. The lowest BCUT2D eigenvalue weighted by Crippen LogP contribution is -2.46. The first kappa shape index (κ1) is 31.2. The van der Waals surface area contributed by atoms with Gasteiger partial charge >= 0.3 is 0 Å². The third-order valence-electron chi connectivity index (χ3n) is 6.04. The van der Waals surface area contributed by atoms with Crippen LogP contribution in [0.3, 0.4) is 0 Å². The Kier molecular flexibility index (Phi) is 13.0. The van der Waals surface area contributed by atoms with Crippen LogP contribution < -0.4 is 10.5 Å². The molecule has 2 atom stereocenters. The van der Waals surface area contributed by atoms with Gasteiger partial charge in [-0.3, -0.25) is 4.79 Å². The third kappa shape index (κ3) is 10.4. The zero-order chi connectivity index (χ0) is 27.4. The van der Waals surface area contributed by atoms with Crippen molar-refractivity contribution in [3.05, 3.63) is 64.1 Å². The van der Waals surface area contributed by atoms with Gasteiger partial charge in [-0.1, -0.05) is 54.0 Å². The summed E-state index contributed by atoms with van der Waals surface area (Å²) < 4.78 is 33.5. The topological polar surface area (TPSA) is 113 Å². The van der Waals surface area contributed by atoms with Crippen molar-refractivity contribution in [2.75, 3.05) is 32.5 Å². The zero-order valence-corrected chi connectivity index (χ0v) is 24.4. The van der Waals surface area contributed by atoms with Crippen molar-refractivity contribution in [1.29, 1.82) is 0 Å². The molecule has 0 saturated heterocycles. The Morgan fingerprint density at radius 3 is 2.35 bits per heavy atom. The van der Waals surface area contributed by atoms with Crippen LogP contribution >= 0.6 is 15.9 Å². The van der Waals surface area contributed by atoms with Crippen molar-refractivity contribution < 1.29 is 23.1 Å². The number of sulfonamides is 1. The van der Waals surface area contributed by atoms with Gasteiger partial charge < -0.3 is 20.5 Å². The summed E-state index contributed by atoms with van der Waals surface area (Å²) in [5, 5.41) is 10.9. The van der Waals surface area contributed by atoms with Crippen LogP contribution in [0.25, 0.3) is 0 Å². The van der Waals surface area contributed by atoms with E-state index in [1.807, 2.05) is 56.3 Å². The van der Waals surface area contributed by atoms with E-state index in [2.05, 4.69) is 15.9 Å². The summed E-state index contributed by atoms with van der Waals surface area (Å²) in [6, 6.07) is 14.4. The first-order valence-corrected chi connectivity index (χ1v) is 15.1. The van der Waals surface area contributed by atoms with Gasteiger partial charge in [0.05, 0.1) is 19.0 Å². The Morgan fingerprint density at radius 1 is 1.08 bits per heavy atom. The van der Waals surface area contributed by atoms with Crippen molar-refractivity contribution in [2.24, 2.45) is 5.73 Å². The van der Waals surface area contributed by atoms with Crippen LogP contribution in [0.15, 0.2) is 53.0 Å². The Morgan fingerprint density at radius 2 is 1.73 bits per heavy atom. The lowest BCUT2D eigenvalue weighted by Gasteiger charge is -2.29. The van der Waals surface area contributed by atoms with Crippen molar-refractivity contribution in [3.63, 3.8) is 0 Å². The molecule has 0 heterocycles. The molecule has 1 amide bonds. The van der Waals surface area contributed by atoms with Crippen LogP contribution in [-0.2, 0) is 27.8 Å². The standard InChI is InChI=1S/C27H40BrN3O5S/c1-4-13-31(14-5-2)37(34,35)15-12-27(33)30(19-22-9-7-11-24(17-22)36-3)20-26(32)25(29)18-21-8-6-10-23(28)16-21/h6-11,16-17,25-26,32H,4-5,12-15,18-20,29H2,1-3H3/t25-,26+/m0/s1. The number of aliphatic hydroxyl groups is 1. The molecule has 2 rings (SSSR count). The van der Waals surface area contributed by atoms with E-state index >= 15 is 0 Å². The van der Waals surface area contributed by atoms with Gasteiger partial charge in [0.2, 0.25) is 15.9 Å². The highest BCUT2D eigenvalue weighted by molar-refractivity contribution is 9.10. The number of amides is 1. The summed E-state index contributed by atoms with van der Waals surface area (Å²) in [6.07, 6.45) is 0.666. The number of halogens is 1. The minimum absolute atomic E-state index is 0.0150. The van der Waals surface area contributed by atoms with Crippen LogP contribution in [-0.4, -0.2) is 73.3 Å². The average Bonchev–Trinajstić information content (AvgIpc) is 2.86. The third-order valence-corrected chi connectivity index (χ3v) is 8.40. The summed E-state index contributed by atoms with van der Waals surface area (Å²) >= 11 is 3.44. The molecule has 0 unspecified atom stereocenters. The number of benzene rings is 2. The number of hydrogen-bond acceptors (Lipinski definition) is 6. The van der Waals surface area contributed by atoms with E-state index in [9.17, 15) is 18.3 Å². The second-order valence-corrected chi connectivity index (χ2v) is 12.2. The maximum atomic E-state index is 13.3. The average molecular weight is 599 g/mol. The molecule has 2 aromatic rings. The number of aliphatic hydroxyl groups excluding tert-OH is 1. The van der Waals surface area contributed by atoms with E-state index in [4.69, 9.17) is 10.5 Å². The first-order chi connectivity index (χ1) is 17.6. The van der Waals surface area contributed by atoms with E-state index in [1.54, 1.807) is 13.2 Å². The molecule has 37 heavy (non-hydrogen) atoms. The van der Waals surface area contributed by atoms with E-state index < -0.39 is 22.2 Å². The Hall–Kier alpha value is -1.98. The fourth-order valence-electron chi connectivity index (χ4n) is 4.07. The van der Waals surface area contributed by atoms with Gasteiger partial charge in [0.15, 0.2) is 0 Å². The van der Waals surface area contributed by atoms with Gasteiger partial charge in [0.1, 0.15) is 5.75 Å². The molecule has 0 radical (unpaired) electrons. The molecule has 0 saturated carbocycles. The fourth-order valence-corrected chi connectivity index (χ4v) is 6.13. The zero-order valence-electron chi connectivity index (χ0n) is 22.0. The normalized spacial score (nSPS) is 13.4. The molecule has 206 valence electrons. The molecule has 0 fully saturated rings. The van der Waals surface area contributed by atoms with Crippen molar-refractivity contribution in [2.45, 2.75) is 58.2 Å². The predicted molar refractivity (Wildman–Crippen MR) is 151 cm³/mol. The van der Waals surface area contributed by atoms with Crippen molar-refractivity contribution in [1.82, 2.24) is 9.21 Å². The minimum atomic E-state index is -3.57. The largest absolute Gasteiger partial charge is 0.497 e. The number of carbonyl (C=O) groups excluding carboxylic acids is 1.